The summed E-state index contributed by atoms with van der Waals surface area (Å²) in [4.78, 5) is 18.4. The molecule has 6 nitrogen and oxygen atoms in total. The van der Waals surface area contributed by atoms with Crippen molar-refractivity contribution < 1.29 is 9.63 Å². The molecule has 1 aliphatic rings. The van der Waals surface area contributed by atoms with Crippen molar-refractivity contribution in [2.75, 3.05) is 11.9 Å². The van der Waals surface area contributed by atoms with Crippen molar-refractivity contribution in [2.24, 2.45) is 5.16 Å². The van der Waals surface area contributed by atoms with Gasteiger partial charge < -0.3 is 15.5 Å². The summed E-state index contributed by atoms with van der Waals surface area (Å²) in [5, 5.41) is 20.5. The smallest absolute Gasteiger partial charge is 0.265 e. The zero-order valence-corrected chi connectivity index (χ0v) is 17.3. The van der Waals surface area contributed by atoms with Crippen LogP contribution in [0, 0.1) is 11.3 Å². The van der Waals surface area contributed by atoms with Gasteiger partial charge in [-0.25, -0.2) is 0 Å². The highest BCUT2D eigenvalue weighted by atomic mass is 32.1. The predicted octanol–water partition coefficient (Wildman–Crippen LogP) is 3.77. The maximum absolute atomic E-state index is 12.3. The number of oxime groups is 1. The number of rotatable bonds is 5. The van der Waals surface area contributed by atoms with E-state index in [0.717, 1.165) is 22.4 Å². The molecule has 0 saturated heterocycles. The van der Waals surface area contributed by atoms with E-state index in [4.69, 9.17) is 4.84 Å². The van der Waals surface area contributed by atoms with Crippen molar-refractivity contribution in [3.63, 3.8) is 0 Å². The Morgan fingerprint density at radius 2 is 2.07 bits per heavy atom. The lowest BCUT2D eigenvalue weighted by Gasteiger charge is -2.42. The van der Waals surface area contributed by atoms with Crippen LogP contribution in [0.4, 0.5) is 5.00 Å². The summed E-state index contributed by atoms with van der Waals surface area (Å²) in [5.41, 5.74) is 2.05. The average Bonchev–Trinajstić information content (AvgIpc) is 2.95. The molecule has 0 spiro atoms. The molecule has 0 bridgehead atoms. The normalized spacial score (nSPS) is 17.0. The van der Waals surface area contributed by atoms with Gasteiger partial charge in [0.25, 0.3) is 5.91 Å². The molecular weight excluding hydrogens is 372 g/mol. The molecule has 0 atom stereocenters. The van der Waals surface area contributed by atoms with E-state index in [9.17, 15) is 10.1 Å². The SMILES string of the molecule is CC1(C)Cc2c(sc(NC(=O)CON=Cc3ccccc3)c2C#N)C(C)(C)N1. The molecule has 1 aliphatic heterocycles. The van der Waals surface area contributed by atoms with Gasteiger partial charge in [0, 0.05) is 16.0 Å². The van der Waals surface area contributed by atoms with Crippen LogP contribution in [0.5, 0.6) is 0 Å². The molecular formula is C21H24N4O2S. The van der Waals surface area contributed by atoms with Crippen molar-refractivity contribution >= 4 is 28.5 Å². The van der Waals surface area contributed by atoms with Crippen LogP contribution in [0.2, 0.25) is 0 Å². The Labute approximate surface area is 169 Å². The Morgan fingerprint density at radius 1 is 1.36 bits per heavy atom. The first-order valence-corrected chi connectivity index (χ1v) is 9.89. The van der Waals surface area contributed by atoms with E-state index in [-0.39, 0.29) is 23.6 Å². The predicted molar refractivity (Wildman–Crippen MR) is 112 cm³/mol. The number of benzene rings is 1. The lowest BCUT2D eigenvalue weighted by atomic mass is 9.81. The number of carbonyl (C=O) groups excluding carboxylic acids is 1. The maximum atomic E-state index is 12.3. The van der Waals surface area contributed by atoms with Gasteiger partial charge in [-0.3, -0.25) is 4.79 Å². The maximum Gasteiger partial charge on any atom is 0.265 e. The lowest BCUT2D eigenvalue weighted by Crippen LogP contribution is -2.54. The quantitative estimate of drug-likeness (QED) is 0.595. The second kappa shape index (κ2) is 7.74. The highest BCUT2D eigenvalue weighted by Gasteiger charge is 2.40. The van der Waals surface area contributed by atoms with Crippen LogP contribution in [0.1, 0.15) is 49.3 Å². The van der Waals surface area contributed by atoms with E-state index < -0.39 is 0 Å². The monoisotopic (exact) mass is 396 g/mol. The highest BCUT2D eigenvalue weighted by molar-refractivity contribution is 7.17. The third kappa shape index (κ3) is 4.41. The standard InChI is InChI=1S/C21H24N4O2S/c1-20(2)10-15-16(11-22)19(28-18(15)21(3,4)25-20)24-17(26)13-27-23-12-14-8-6-5-7-9-14/h5-9,12,25H,10,13H2,1-4H3,(H,24,26). The summed E-state index contributed by atoms with van der Waals surface area (Å²) in [6.07, 6.45) is 2.28. The molecule has 2 aromatic rings. The molecule has 146 valence electrons. The van der Waals surface area contributed by atoms with Crippen LogP contribution in [0.15, 0.2) is 35.5 Å². The van der Waals surface area contributed by atoms with Crippen molar-refractivity contribution in [3.05, 3.63) is 51.9 Å². The van der Waals surface area contributed by atoms with Crippen molar-refractivity contribution in [1.82, 2.24) is 5.32 Å². The first-order chi connectivity index (χ1) is 13.2. The first-order valence-electron chi connectivity index (χ1n) is 9.08. The van der Waals surface area contributed by atoms with Crippen LogP contribution in [0.25, 0.3) is 0 Å². The highest BCUT2D eigenvalue weighted by Crippen LogP contribution is 2.44. The Bertz CT molecular complexity index is 939. The molecule has 7 heteroatoms. The van der Waals surface area contributed by atoms with Gasteiger partial charge in [-0.2, -0.15) is 5.26 Å². The zero-order chi connectivity index (χ0) is 20.4. The fourth-order valence-corrected chi connectivity index (χ4v) is 4.87. The Balaban J connectivity index is 1.69. The van der Waals surface area contributed by atoms with Crippen LogP contribution < -0.4 is 10.6 Å². The molecule has 1 amide bonds. The molecule has 1 aromatic heterocycles. The summed E-state index contributed by atoms with van der Waals surface area (Å²) in [6.45, 7) is 8.21. The molecule has 2 heterocycles. The summed E-state index contributed by atoms with van der Waals surface area (Å²) in [6, 6.07) is 11.8. The number of thiophene rings is 1. The van der Waals surface area contributed by atoms with Crippen LogP contribution in [-0.2, 0) is 21.6 Å². The van der Waals surface area contributed by atoms with E-state index in [0.29, 0.717) is 10.6 Å². The van der Waals surface area contributed by atoms with E-state index in [1.165, 1.54) is 11.3 Å². The van der Waals surface area contributed by atoms with Gasteiger partial charge in [0.15, 0.2) is 6.61 Å². The minimum Gasteiger partial charge on any atom is -0.386 e. The molecule has 28 heavy (non-hydrogen) atoms. The van der Waals surface area contributed by atoms with E-state index >= 15 is 0 Å². The average molecular weight is 397 g/mol. The Hall–Kier alpha value is -2.69. The molecule has 3 rings (SSSR count). The van der Waals surface area contributed by atoms with Crippen molar-refractivity contribution in [3.8, 4) is 6.07 Å². The number of nitrogens with zero attached hydrogens (tertiary/aromatic N) is 2. The van der Waals surface area contributed by atoms with Gasteiger partial charge in [0.1, 0.15) is 11.1 Å². The second-order valence-corrected chi connectivity index (χ2v) is 9.02. The minimum atomic E-state index is -0.342. The fourth-order valence-electron chi connectivity index (χ4n) is 3.63. The number of amides is 1. The van der Waals surface area contributed by atoms with Gasteiger partial charge in [-0.05, 0) is 45.2 Å². The molecule has 0 fully saturated rings. The van der Waals surface area contributed by atoms with Gasteiger partial charge in [0.05, 0.1) is 11.8 Å². The topological polar surface area (TPSA) is 86.5 Å². The third-order valence-electron chi connectivity index (χ3n) is 4.48. The van der Waals surface area contributed by atoms with Crippen LogP contribution >= 0.6 is 11.3 Å². The Kier molecular flexibility index (Phi) is 5.54. The van der Waals surface area contributed by atoms with Crippen molar-refractivity contribution in [2.45, 2.75) is 45.2 Å². The second-order valence-electron chi connectivity index (χ2n) is 8.00. The minimum absolute atomic E-state index is 0.125. The van der Waals surface area contributed by atoms with Gasteiger partial charge in [0.2, 0.25) is 0 Å². The van der Waals surface area contributed by atoms with Gasteiger partial charge >= 0.3 is 0 Å². The fraction of sp³-hybridized carbons (Fsp3) is 0.381. The lowest BCUT2D eigenvalue weighted by molar-refractivity contribution is -0.120. The van der Waals surface area contributed by atoms with E-state index in [2.05, 4.69) is 49.6 Å². The van der Waals surface area contributed by atoms with Gasteiger partial charge in [-0.1, -0.05) is 35.5 Å². The molecule has 0 aliphatic carbocycles. The number of hydrogen-bond donors (Lipinski definition) is 2. The molecule has 1 aromatic carbocycles. The molecule has 0 unspecified atom stereocenters. The number of hydrogen-bond acceptors (Lipinski definition) is 6. The largest absolute Gasteiger partial charge is 0.386 e. The summed E-state index contributed by atoms with van der Waals surface area (Å²) in [5.74, 6) is -0.342. The van der Waals surface area contributed by atoms with Crippen LogP contribution in [-0.4, -0.2) is 24.3 Å². The summed E-state index contributed by atoms with van der Waals surface area (Å²) < 4.78 is 0. The number of nitriles is 1. The van der Waals surface area contributed by atoms with Gasteiger partial charge in [-0.15, -0.1) is 11.3 Å². The van der Waals surface area contributed by atoms with E-state index in [1.54, 1.807) is 6.21 Å². The number of carbonyl (C=O) groups is 1. The molecule has 0 saturated carbocycles. The first kappa shape index (κ1) is 20.1. The molecule has 0 radical (unpaired) electrons. The number of anilines is 1. The molecule has 2 N–H and O–H groups in total. The van der Waals surface area contributed by atoms with Crippen molar-refractivity contribution in [1.29, 1.82) is 5.26 Å². The number of fused-ring (bicyclic) bond motifs is 1. The summed E-state index contributed by atoms with van der Waals surface area (Å²) >= 11 is 1.45. The number of nitrogens with one attached hydrogen (secondary N) is 2. The summed E-state index contributed by atoms with van der Waals surface area (Å²) in [7, 11) is 0. The Morgan fingerprint density at radius 3 is 2.75 bits per heavy atom. The zero-order valence-electron chi connectivity index (χ0n) is 16.5. The van der Waals surface area contributed by atoms with Crippen LogP contribution in [0.3, 0.4) is 0 Å². The third-order valence-corrected chi connectivity index (χ3v) is 5.95. The van der Waals surface area contributed by atoms with E-state index in [1.807, 2.05) is 30.3 Å².